The van der Waals surface area contributed by atoms with Crippen LogP contribution in [-0.4, -0.2) is 11.1 Å². The molecule has 0 aliphatic carbocycles. The van der Waals surface area contributed by atoms with E-state index in [9.17, 15) is 9.18 Å². The number of carbonyl (C=O) groups is 1. The quantitative estimate of drug-likeness (QED) is 0.901. The number of halogens is 1. The number of carboxylic acids is 1. The molecule has 0 spiro atoms. The molecule has 0 radical (unpaired) electrons. The van der Waals surface area contributed by atoms with Crippen LogP contribution < -0.4 is 0 Å². The molecule has 1 aromatic carbocycles. The molecule has 0 aliphatic heterocycles. The van der Waals surface area contributed by atoms with Gasteiger partial charge in [-0.1, -0.05) is 18.2 Å². The smallest absolute Gasteiger partial charge is 0.304 e. The van der Waals surface area contributed by atoms with Crippen molar-refractivity contribution in [1.82, 2.24) is 0 Å². The van der Waals surface area contributed by atoms with Gasteiger partial charge < -0.3 is 5.11 Å². The molecular formula is C13H11FO2S. The van der Waals surface area contributed by atoms with Gasteiger partial charge in [-0.05, 0) is 29.1 Å². The summed E-state index contributed by atoms with van der Waals surface area (Å²) in [4.78, 5) is 11.8. The van der Waals surface area contributed by atoms with E-state index in [-0.39, 0.29) is 18.2 Å². The molecule has 2 aromatic rings. The summed E-state index contributed by atoms with van der Waals surface area (Å²) in [6.07, 6.45) is -0.0238. The lowest BCUT2D eigenvalue weighted by Gasteiger charge is -2.13. The summed E-state index contributed by atoms with van der Waals surface area (Å²) >= 11 is 1.49. The van der Waals surface area contributed by atoms with Gasteiger partial charge in [0.15, 0.2) is 0 Å². The molecule has 88 valence electrons. The minimum absolute atomic E-state index is 0.0238. The Morgan fingerprint density at radius 2 is 2.18 bits per heavy atom. The van der Waals surface area contributed by atoms with Gasteiger partial charge in [-0.25, -0.2) is 4.39 Å². The molecule has 4 heteroatoms. The molecule has 0 fully saturated rings. The van der Waals surface area contributed by atoms with Gasteiger partial charge in [-0.3, -0.25) is 4.79 Å². The van der Waals surface area contributed by atoms with Gasteiger partial charge in [0, 0.05) is 10.8 Å². The van der Waals surface area contributed by atoms with Crippen molar-refractivity contribution in [2.45, 2.75) is 12.3 Å². The summed E-state index contributed by atoms with van der Waals surface area (Å²) in [6.45, 7) is 0. The predicted molar refractivity (Wildman–Crippen MR) is 64.8 cm³/mol. The number of thiophene rings is 1. The van der Waals surface area contributed by atoms with Gasteiger partial charge in [-0.15, -0.1) is 11.3 Å². The van der Waals surface area contributed by atoms with E-state index in [1.54, 1.807) is 12.1 Å². The summed E-state index contributed by atoms with van der Waals surface area (Å²) in [5, 5.41) is 10.8. The lowest BCUT2D eigenvalue weighted by atomic mass is 9.94. The van der Waals surface area contributed by atoms with Crippen molar-refractivity contribution in [3.05, 3.63) is 58.0 Å². The van der Waals surface area contributed by atoms with Crippen molar-refractivity contribution in [2.75, 3.05) is 0 Å². The van der Waals surface area contributed by atoms with Crippen LogP contribution in [-0.2, 0) is 4.79 Å². The third-order valence-corrected chi connectivity index (χ3v) is 3.50. The highest BCUT2D eigenvalue weighted by atomic mass is 32.1. The first-order valence-corrected chi connectivity index (χ1v) is 6.05. The number of aliphatic carboxylic acids is 1. The lowest BCUT2D eigenvalue weighted by Crippen LogP contribution is -2.06. The molecule has 0 saturated carbocycles. The van der Waals surface area contributed by atoms with Gasteiger partial charge >= 0.3 is 5.97 Å². The molecule has 1 aromatic heterocycles. The van der Waals surface area contributed by atoms with Gasteiger partial charge in [0.05, 0.1) is 6.42 Å². The Morgan fingerprint density at radius 3 is 2.76 bits per heavy atom. The van der Waals surface area contributed by atoms with Crippen molar-refractivity contribution in [3.8, 4) is 0 Å². The molecule has 1 N–H and O–H groups in total. The van der Waals surface area contributed by atoms with E-state index in [0.717, 1.165) is 4.88 Å². The number of hydrogen-bond acceptors (Lipinski definition) is 2. The Hall–Kier alpha value is -1.68. The maximum absolute atomic E-state index is 13.2. The van der Waals surface area contributed by atoms with Crippen molar-refractivity contribution in [1.29, 1.82) is 0 Å². The first kappa shape index (κ1) is 11.8. The predicted octanol–water partition coefficient (Wildman–Crippen LogP) is 3.49. The van der Waals surface area contributed by atoms with Crippen LogP contribution in [0.4, 0.5) is 4.39 Å². The Bertz CT molecular complexity index is 508. The van der Waals surface area contributed by atoms with Crippen molar-refractivity contribution in [3.63, 3.8) is 0 Å². The lowest BCUT2D eigenvalue weighted by molar-refractivity contribution is -0.137. The molecule has 1 unspecified atom stereocenters. The summed E-state index contributed by atoms with van der Waals surface area (Å²) in [5.41, 5.74) is 0.704. The van der Waals surface area contributed by atoms with E-state index in [4.69, 9.17) is 5.11 Å². The third-order valence-electron chi connectivity index (χ3n) is 2.52. The highest BCUT2D eigenvalue weighted by molar-refractivity contribution is 7.10. The minimum atomic E-state index is -0.882. The van der Waals surface area contributed by atoms with Crippen molar-refractivity contribution < 1.29 is 14.3 Å². The van der Waals surface area contributed by atoms with E-state index in [1.165, 1.54) is 23.5 Å². The zero-order valence-electron chi connectivity index (χ0n) is 8.97. The van der Waals surface area contributed by atoms with E-state index >= 15 is 0 Å². The highest BCUT2D eigenvalue weighted by Crippen LogP contribution is 2.31. The second-order valence-corrected chi connectivity index (χ2v) is 4.70. The number of carboxylic acid groups (broad SMARTS) is 1. The topological polar surface area (TPSA) is 37.3 Å². The highest BCUT2D eigenvalue weighted by Gasteiger charge is 2.19. The van der Waals surface area contributed by atoms with Crippen LogP contribution in [0.2, 0.25) is 0 Å². The fourth-order valence-corrected chi connectivity index (χ4v) is 2.63. The molecule has 0 saturated heterocycles. The molecule has 1 atom stereocenters. The van der Waals surface area contributed by atoms with Crippen LogP contribution in [0.1, 0.15) is 22.8 Å². The molecule has 2 nitrogen and oxygen atoms in total. The zero-order valence-corrected chi connectivity index (χ0v) is 9.78. The molecule has 0 bridgehead atoms. The van der Waals surface area contributed by atoms with Crippen LogP contribution in [0.15, 0.2) is 41.8 Å². The molecular weight excluding hydrogens is 239 g/mol. The second-order valence-electron chi connectivity index (χ2n) is 3.72. The first-order chi connectivity index (χ1) is 8.16. The zero-order chi connectivity index (χ0) is 12.3. The van der Waals surface area contributed by atoms with Gasteiger partial charge in [-0.2, -0.15) is 0 Å². The Kier molecular flexibility index (Phi) is 3.54. The Labute approximate surface area is 102 Å². The number of benzene rings is 1. The molecule has 17 heavy (non-hydrogen) atoms. The van der Waals surface area contributed by atoms with Crippen LogP contribution in [0, 0.1) is 5.82 Å². The fraction of sp³-hybridized carbons (Fsp3) is 0.154. The van der Waals surface area contributed by atoms with Crippen LogP contribution >= 0.6 is 11.3 Å². The standard InChI is InChI=1S/C13H11FO2S/c14-10-4-1-3-9(7-10)11(8-13(15)16)12-5-2-6-17-12/h1-7,11H,8H2,(H,15,16). The maximum atomic E-state index is 13.2. The van der Waals surface area contributed by atoms with Gasteiger partial charge in [0.2, 0.25) is 0 Å². The maximum Gasteiger partial charge on any atom is 0.304 e. The largest absolute Gasteiger partial charge is 0.481 e. The average molecular weight is 250 g/mol. The molecule has 0 aliphatic rings. The number of hydrogen-bond donors (Lipinski definition) is 1. The Morgan fingerprint density at radius 1 is 1.35 bits per heavy atom. The molecule has 2 rings (SSSR count). The van der Waals surface area contributed by atoms with E-state index in [2.05, 4.69) is 0 Å². The van der Waals surface area contributed by atoms with E-state index < -0.39 is 5.97 Å². The fourth-order valence-electron chi connectivity index (χ4n) is 1.77. The number of rotatable bonds is 4. The molecule has 0 amide bonds. The molecule has 1 heterocycles. The van der Waals surface area contributed by atoms with Crippen LogP contribution in [0.5, 0.6) is 0 Å². The van der Waals surface area contributed by atoms with Crippen LogP contribution in [0.25, 0.3) is 0 Å². The summed E-state index contributed by atoms with van der Waals surface area (Å²) in [7, 11) is 0. The summed E-state index contributed by atoms with van der Waals surface area (Å²) < 4.78 is 13.2. The third kappa shape index (κ3) is 2.91. The first-order valence-electron chi connectivity index (χ1n) is 5.17. The average Bonchev–Trinajstić information content (AvgIpc) is 2.79. The second kappa shape index (κ2) is 5.10. The van der Waals surface area contributed by atoms with Crippen molar-refractivity contribution >= 4 is 17.3 Å². The minimum Gasteiger partial charge on any atom is -0.481 e. The van der Waals surface area contributed by atoms with Gasteiger partial charge in [0.1, 0.15) is 5.82 Å². The Balaban J connectivity index is 2.36. The van der Waals surface area contributed by atoms with Crippen LogP contribution in [0.3, 0.4) is 0 Å². The van der Waals surface area contributed by atoms with E-state index in [1.807, 2.05) is 17.5 Å². The van der Waals surface area contributed by atoms with Crippen molar-refractivity contribution in [2.24, 2.45) is 0 Å². The summed E-state index contributed by atoms with van der Waals surface area (Å²) in [5.74, 6) is -1.50. The van der Waals surface area contributed by atoms with E-state index in [0.29, 0.717) is 5.56 Å². The summed E-state index contributed by atoms with van der Waals surface area (Å²) in [6, 6.07) is 9.87. The van der Waals surface area contributed by atoms with Gasteiger partial charge in [0.25, 0.3) is 0 Å². The SMILES string of the molecule is O=C(O)CC(c1cccc(F)c1)c1cccs1. The normalized spacial score (nSPS) is 12.3. The monoisotopic (exact) mass is 250 g/mol.